The second kappa shape index (κ2) is 8.74. The lowest BCUT2D eigenvalue weighted by Crippen LogP contribution is -2.20. The Hall–Kier alpha value is -2.24. The van der Waals surface area contributed by atoms with Crippen molar-refractivity contribution < 1.29 is 9.47 Å². The number of H-pyrrole nitrogens is 1. The molecule has 0 radical (unpaired) electrons. The van der Waals surface area contributed by atoms with Gasteiger partial charge in [0.1, 0.15) is 24.7 Å². The molecule has 1 aromatic heterocycles. The predicted molar refractivity (Wildman–Crippen MR) is 104 cm³/mol. The zero-order valence-electron chi connectivity index (χ0n) is 15.0. The highest BCUT2D eigenvalue weighted by molar-refractivity contribution is 6.07. The van der Waals surface area contributed by atoms with E-state index in [1.54, 1.807) is 0 Å². The maximum Gasteiger partial charge on any atom is 0.121 e. The molecule has 3 rings (SSSR count). The summed E-state index contributed by atoms with van der Waals surface area (Å²) in [6.07, 6.45) is 0. The van der Waals surface area contributed by atoms with Crippen molar-refractivity contribution in [2.24, 2.45) is 0 Å². The number of hydrogen-bond acceptors (Lipinski definition) is 4. The van der Waals surface area contributed by atoms with E-state index in [9.17, 15) is 0 Å². The summed E-state index contributed by atoms with van der Waals surface area (Å²) in [5.74, 6) is 1.78. The molecule has 5 nitrogen and oxygen atoms in total. The highest BCUT2D eigenvalue weighted by Crippen LogP contribution is 2.30. The summed E-state index contributed by atoms with van der Waals surface area (Å²) in [7, 11) is 0. The average molecular weight is 341 g/mol. The lowest BCUT2D eigenvalue weighted by atomic mass is 10.1. The van der Waals surface area contributed by atoms with E-state index in [4.69, 9.17) is 9.47 Å². The van der Waals surface area contributed by atoms with Crippen LogP contribution in [0.25, 0.3) is 21.8 Å². The van der Waals surface area contributed by atoms with Gasteiger partial charge in [0, 0.05) is 36.0 Å². The van der Waals surface area contributed by atoms with Crippen molar-refractivity contribution in [3.63, 3.8) is 0 Å². The summed E-state index contributed by atoms with van der Waals surface area (Å²) in [6, 6.07) is 12.4. The van der Waals surface area contributed by atoms with Crippen LogP contribution in [-0.2, 0) is 0 Å². The molecule has 0 amide bonds. The lowest BCUT2D eigenvalue weighted by Gasteiger charge is -2.06. The normalized spacial score (nSPS) is 11.3. The van der Waals surface area contributed by atoms with Crippen LogP contribution in [0.5, 0.6) is 11.5 Å². The molecule has 25 heavy (non-hydrogen) atoms. The van der Waals surface area contributed by atoms with Crippen LogP contribution in [0.1, 0.15) is 13.8 Å². The van der Waals surface area contributed by atoms with Gasteiger partial charge in [-0.05, 0) is 37.4 Å². The molecule has 0 atom stereocenters. The smallest absolute Gasteiger partial charge is 0.121 e. The molecule has 0 unspecified atom stereocenters. The SMILES string of the molecule is CCNCCOc1ccc2c(c1)[nH]c1cc(OCCNCC)ccc12. The summed E-state index contributed by atoms with van der Waals surface area (Å²) in [5, 5.41) is 8.92. The van der Waals surface area contributed by atoms with Crippen molar-refractivity contribution in [3.8, 4) is 11.5 Å². The van der Waals surface area contributed by atoms with E-state index in [0.29, 0.717) is 13.2 Å². The van der Waals surface area contributed by atoms with Gasteiger partial charge in [-0.2, -0.15) is 0 Å². The Labute approximate surface area is 148 Å². The Morgan fingerprint density at radius 1 is 0.760 bits per heavy atom. The van der Waals surface area contributed by atoms with Crippen molar-refractivity contribution in [2.75, 3.05) is 39.4 Å². The average Bonchev–Trinajstić information content (AvgIpc) is 2.99. The zero-order chi connectivity index (χ0) is 17.5. The third-order valence-corrected chi connectivity index (χ3v) is 4.14. The molecule has 0 fully saturated rings. The first-order valence-electron chi connectivity index (χ1n) is 9.04. The highest BCUT2D eigenvalue weighted by Gasteiger charge is 2.07. The number of nitrogens with one attached hydrogen (secondary N) is 3. The van der Waals surface area contributed by atoms with Crippen LogP contribution >= 0.6 is 0 Å². The molecule has 3 aromatic rings. The third kappa shape index (κ3) is 4.44. The van der Waals surface area contributed by atoms with E-state index in [-0.39, 0.29) is 0 Å². The number of aromatic amines is 1. The van der Waals surface area contributed by atoms with Crippen LogP contribution in [0.3, 0.4) is 0 Å². The molecule has 0 saturated heterocycles. The van der Waals surface area contributed by atoms with Crippen molar-refractivity contribution in [1.82, 2.24) is 15.6 Å². The van der Waals surface area contributed by atoms with Crippen molar-refractivity contribution in [3.05, 3.63) is 36.4 Å². The fourth-order valence-electron chi connectivity index (χ4n) is 2.88. The van der Waals surface area contributed by atoms with Gasteiger partial charge in [-0.25, -0.2) is 0 Å². The molecule has 0 aliphatic heterocycles. The third-order valence-electron chi connectivity index (χ3n) is 4.14. The van der Waals surface area contributed by atoms with E-state index >= 15 is 0 Å². The van der Waals surface area contributed by atoms with Gasteiger partial charge in [0.25, 0.3) is 0 Å². The van der Waals surface area contributed by atoms with Crippen molar-refractivity contribution in [2.45, 2.75) is 13.8 Å². The number of ether oxygens (including phenoxy) is 2. The largest absolute Gasteiger partial charge is 0.492 e. The second-order valence-electron chi connectivity index (χ2n) is 5.94. The summed E-state index contributed by atoms with van der Waals surface area (Å²) in [4.78, 5) is 3.47. The van der Waals surface area contributed by atoms with Crippen molar-refractivity contribution >= 4 is 21.8 Å². The highest BCUT2D eigenvalue weighted by atomic mass is 16.5. The van der Waals surface area contributed by atoms with Gasteiger partial charge in [0.05, 0.1) is 11.0 Å². The lowest BCUT2D eigenvalue weighted by molar-refractivity contribution is 0.316. The van der Waals surface area contributed by atoms with Gasteiger partial charge in [-0.3, -0.25) is 0 Å². The van der Waals surface area contributed by atoms with Gasteiger partial charge in [-0.1, -0.05) is 13.8 Å². The van der Waals surface area contributed by atoms with Crippen LogP contribution in [0, 0.1) is 0 Å². The molecule has 2 aromatic carbocycles. The number of hydrogen-bond donors (Lipinski definition) is 3. The predicted octanol–water partition coefficient (Wildman–Crippen LogP) is 3.30. The molecule has 0 spiro atoms. The maximum absolute atomic E-state index is 5.80. The molecule has 0 saturated carbocycles. The van der Waals surface area contributed by atoms with E-state index in [1.165, 1.54) is 10.8 Å². The van der Waals surface area contributed by atoms with Crippen LogP contribution in [0.4, 0.5) is 0 Å². The van der Waals surface area contributed by atoms with Gasteiger partial charge < -0.3 is 25.1 Å². The Morgan fingerprint density at radius 2 is 1.24 bits per heavy atom. The molecular weight excluding hydrogens is 314 g/mol. The second-order valence-corrected chi connectivity index (χ2v) is 5.94. The van der Waals surface area contributed by atoms with E-state index < -0.39 is 0 Å². The summed E-state index contributed by atoms with van der Waals surface area (Å²) < 4.78 is 11.6. The minimum absolute atomic E-state index is 0.670. The van der Waals surface area contributed by atoms with Gasteiger partial charge >= 0.3 is 0 Å². The first kappa shape index (κ1) is 17.6. The number of aromatic nitrogens is 1. The minimum Gasteiger partial charge on any atom is -0.492 e. The monoisotopic (exact) mass is 341 g/mol. The van der Waals surface area contributed by atoms with E-state index in [2.05, 4.69) is 53.7 Å². The number of fused-ring (bicyclic) bond motifs is 3. The molecule has 0 aliphatic carbocycles. The molecule has 3 N–H and O–H groups in total. The molecular formula is C20H27N3O2. The first-order chi connectivity index (χ1) is 12.3. The van der Waals surface area contributed by atoms with Crippen molar-refractivity contribution in [1.29, 1.82) is 0 Å². The van der Waals surface area contributed by atoms with E-state index in [0.717, 1.165) is 48.7 Å². The molecule has 0 aliphatic rings. The Morgan fingerprint density at radius 3 is 1.68 bits per heavy atom. The zero-order valence-corrected chi connectivity index (χ0v) is 15.0. The van der Waals surface area contributed by atoms with Gasteiger partial charge in [-0.15, -0.1) is 0 Å². The van der Waals surface area contributed by atoms with E-state index in [1.807, 2.05) is 12.1 Å². The molecule has 0 bridgehead atoms. The minimum atomic E-state index is 0.670. The Kier molecular flexibility index (Phi) is 6.14. The fraction of sp³-hybridized carbons (Fsp3) is 0.400. The maximum atomic E-state index is 5.80. The fourth-order valence-corrected chi connectivity index (χ4v) is 2.88. The number of benzene rings is 2. The molecule has 134 valence electrons. The summed E-state index contributed by atoms with van der Waals surface area (Å²) >= 11 is 0. The summed E-state index contributed by atoms with van der Waals surface area (Å²) in [5.41, 5.74) is 2.17. The molecule has 1 heterocycles. The first-order valence-corrected chi connectivity index (χ1v) is 9.04. The van der Waals surface area contributed by atoms with Crippen LogP contribution < -0.4 is 20.1 Å². The summed E-state index contributed by atoms with van der Waals surface area (Å²) in [6.45, 7) is 9.16. The number of rotatable bonds is 10. The quantitative estimate of drug-likeness (QED) is 0.495. The van der Waals surface area contributed by atoms with Crippen LogP contribution in [0.15, 0.2) is 36.4 Å². The molecule has 5 heteroatoms. The van der Waals surface area contributed by atoms with Gasteiger partial charge in [0.2, 0.25) is 0 Å². The van der Waals surface area contributed by atoms with Crippen LogP contribution in [-0.4, -0.2) is 44.4 Å². The Balaban J connectivity index is 1.73. The van der Waals surface area contributed by atoms with Crippen LogP contribution in [0.2, 0.25) is 0 Å². The topological polar surface area (TPSA) is 58.3 Å². The van der Waals surface area contributed by atoms with Gasteiger partial charge in [0.15, 0.2) is 0 Å². The standard InChI is InChI=1S/C20H27N3O2/c1-3-21-9-11-24-15-5-7-17-18-8-6-16(25-12-10-22-4-2)14-20(18)23-19(17)13-15/h5-8,13-14,21-23H,3-4,9-12H2,1-2H3. The number of likely N-dealkylation sites (N-methyl/N-ethyl adjacent to an activating group) is 2. The Bertz CT molecular complexity index is 747.